The van der Waals surface area contributed by atoms with E-state index < -0.39 is 0 Å². The molecule has 0 fully saturated rings. The van der Waals surface area contributed by atoms with Gasteiger partial charge in [-0.15, -0.1) is 0 Å². The fourth-order valence-corrected chi connectivity index (χ4v) is 1.56. The predicted octanol–water partition coefficient (Wildman–Crippen LogP) is 2.07. The molecule has 0 aliphatic carbocycles. The Morgan fingerprint density at radius 2 is 2.21 bits per heavy atom. The Bertz CT molecular complexity index is 408. The maximum Gasteiger partial charge on any atom is 0.0682 e. The number of hydrogen-bond acceptors (Lipinski definition) is 2. The molecule has 1 aromatic carbocycles. The second-order valence-corrected chi connectivity index (χ2v) is 3.27. The van der Waals surface area contributed by atoms with Gasteiger partial charge in [0.2, 0.25) is 0 Å². The Labute approximate surface area is 83.3 Å². The fourth-order valence-electron chi connectivity index (χ4n) is 1.56. The lowest BCUT2D eigenvalue weighted by molar-refractivity contribution is 0.189. The molecule has 0 bridgehead atoms. The molecular weight excluding hydrogens is 176 g/mol. The molecule has 0 aliphatic rings. The molecule has 0 atom stereocenters. The molecule has 1 aromatic heterocycles. The van der Waals surface area contributed by atoms with Crippen molar-refractivity contribution in [2.75, 3.05) is 13.7 Å². The molecule has 0 spiro atoms. The molecule has 0 aliphatic heterocycles. The number of nitrogens with zero attached hydrogens (tertiary/aromatic N) is 2. The van der Waals surface area contributed by atoms with Crippen molar-refractivity contribution in [1.29, 1.82) is 0 Å². The lowest BCUT2D eigenvalue weighted by Gasteiger charge is -2.02. The van der Waals surface area contributed by atoms with E-state index in [-0.39, 0.29) is 0 Å². The third kappa shape index (κ3) is 1.77. The van der Waals surface area contributed by atoms with E-state index in [0.717, 1.165) is 19.6 Å². The molecule has 0 N–H and O–H groups in total. The largest absolute Gasteiger partial charge is 0.385 e. The minimum absolute atomic E-state index is 0.786. The van der Waals surface area contributed by atoms with Gasteiger partial charge in [-0.05, 0) is 12.5 Å². The van der Waals surface area contributed by atoms with Gasteiger partial charge in [0.15, 0.2) is 0 Å². The van der Waals surface area contributed by atoms with Gasteiger partial charge in [0, 0.05) is 25.6 Å². The van der Waals surface area contributed by atoms with Crippen LogP contribution in [-0.2, 0) is 11.3 Å². The lowest BCUT2D eigenvalue weighted by atomic mass is 10.2. The molecule has 0 unspecified atom stereocenters. The van der Waals surface area contributed by atoms with Crippen LogP contribution in [0.2, 0.25) is 0 Å². The van der Waals surface area contributed by atoms with E-state index >= 15 is 0 Å². The minimum Gasteiger partial charge on any atom is -0.385 e. The van der Waals surface area contributed by atoms with Crippen molar-refractivity contribution in [2.45, 2.75) is 13.0 Å². The van der Waals surface area contributed by atoms with Crippen LogP contribution in [0.1, 0.15) is 6.42 Å². The zero-order valence-electron chi connectivity index (χ0n) is 8.31. The second kappa shape index (κ2) is 4.24. The third-order valence-electron chi connectivity index (χ3n) is 2.27. The van der Waals surface area contributed by atoms with Crippen LogP contribution in [0.15, 0.2) is 30.5 Å². The number of fused-ring (bicyclic) bond motifs is 1. The first-order chi connectivity index (χ1) is 6.92. The third-order valence-corrected chi connectivity index (χ3v) is 2.27. The van der Waals surface area contributed by atoms with Crippen molar-refractivity contribution in [3.8, 4) is 0 Å². The van der Waals surface area contributed by atoms with Gasteiger partial charge in [0.1, 0.15) is 0 Å². The highest BCUT2D eigenvalue weighted by atomic mass is 16.5. The maximum absolute atomic E-state index is 5.01. The van der Waals surface area contributed by atoms with E-state index in [9.17, 15) is 0 Å². The Balaban J connectivity index is 2.17. The summed E-state index contributed by atoms with van der Waals surface area (Å²) in [4.78, 5) is 0. The molecule has 74 valence electrons. The normalized spacial score (nSPS) is 10.9. The highest BCUT2D eigenvalue weighted by molar-refractivity contribution is 5.78. The highest BCUT2D eigenvalue weighted by Gasteiger charge is 1.99. The van der Waals surface area contributed by atoms with Crippen LogP contribution in [0.25, 0.3) is 10.9 Å². The predicted molar refractivity (Wildman–Crippen MR) is 56.2 cm³/mol. The van der Waals surface area contributed by atoms with Crippen LogP contribution in [-0.4, -0.2) is 23.5 Å². The van der Waals surface area contributed by atoms with E-state index in [1.807, 2.05) is 23.0 Å². The van der Waals surface area contributed by atoms with Crippen LogP contribution < -0.4 is 0 Å². The Hall–Kier alpha value is -1.35. The molecule has 0 amide bonds. The molecule has 0 saturated carbocycles. The summed E-state index contributed by atoms with van der Waals surface area (Å²) in [7, 11) is 1.72. The van der Waals surface area contributed by atoms with Crippen LogP contribution in [0.5, 0.6) is 0 Å². The molecule has 0 saturated heterocycles. The van der Waals surface area contributed by atoms with E-state index in [0.29, 0.717) is 0 Å². The van der Waals surface area contributed by atoms with Crippen molar-refractivity contribution in [3.05, 3.63) is 30.5 Å². The van der Waals surface area contributed by atoms with E-state index in [1.54, 1.807) is 7.11 Å². The number of benzene rings is 1. The van der Waals surface area contributed by atoms with Gasteiger partial charge in [-0.3, -0.25) is 4.68 Å². The number of rotatable bonds is 4. The first-order valence-electron chi connectivity index (χ1n) is 4.81. The fraction of sp³-hybridized carbons (Fsp3) is 0.364. The topological polar surface area (TPSA) is 27.1 Å². The van der Waals surface area contributed by atoms with E-state index in [4.69, 9.17) is 4.74 Å². The van der Waals surface area contributed by atoms with Gasteiger partial charge >= 0.3 is 0 Å². The van der Waals surface area contributed by atoms with E-state index in [1.165, 1.54) is 10.9 Å². The SMILES string of the molecule is COCCCn1ncc2ccccc21. The van der Waals surface area contributed by atoms with Crippen molar-refractivity contribution >= 4 is 10.9 Å². The monoisotopic (exact) mass is 190 g/mol. The molecule has 14 heavy (non-hydrogen) atoms. The quantitative estimate of drug-likeness (QED) is 0.690. The number of aromatic nitrogens is 2. The standard InChI is InChI=1S/C11H14N2O/c1-14-8-4-7-13-11-6-3-2-5-10(11)9-12-13/h2-3,5-6,9H,4,7-8H2,1H3. The van der Waals surface area contributed by atoms with Crippen LogP contribution in [0.3, 0.4) is 0 Å². The van der Waals surface area contributed by atoms with Crippen molar-refractivity contribution in [1.82, 2.24) is 9.78 Å². The first kappa shape index (κ1) is 9.21. The summed E-state index contributed by atoms with van der Waals surface area (Å²) in [6.07, 6.45) is 2.91. The van der Waals surface area contributed by atoms with Crippen LogP contribution >= 0.6 is 0 Å². The number of methoxy groups -OCH3 is 1. The lowest BCUT2D eigenvalue weighted by Crippen LogP contribution is -2.02. The van der Waals surface area contributed by atoms with Crippen LogP contribution in [0.4, 0.5) is 0 Å². The molecule has 1 heterocycles. The number of para-hydroxylation sites is 1. The average Bonchev–Trinajstić information content (AvgIpc) is 2.63. The highest BCUT2D eigenvalue weighted by Crippen LogP contribution is 2.12. The number of ether oxygens (including phenoxy) is 1. The minimum atomic E-state index is 0.786. The molecule has 0 radical (unpaired) electrons. The smallest absolute Gasteiger partial charge is 0.0682 e. The van der Waals surface area contributed by atoms with E-state index in [2.05, 4.69) is 17.2 Å². The zero-order chi connectivity index (χ0) is 9.80. The van der Waals surface area contributed by atoms with Crippen molar-refractivity contribution in [2.24, 2.45) is 0 Å². The summed E-state index contributed by atoms with van der Waals surface area (Å²) in [5.41, 5.74) is 1.20. The van der Waals surface area contributed by atoms with Gasteiger partial charge < -0.3 is 4.74 Å². The van der Waals surface area contributed by atoms with Gasteiger partial charge in [0.05, 0.1) is 11.7 Å². The van der Waals surface area contributed by atoms with Gasteiger partial charge in [-0.1, -0.05) is 18.2 Å². The second-order valence-electron chi connectivity index (χ2n) is 3.27. The molecule has 3 nitrogen and oxygen atoms in total. The Morgan fingerprint density at radius 1 is 1.36 bits per heavy atom. The summed E-state index contributed by atoms with van der Waals surface area (Å²) in [5, 5.41) is 5.53. The van der Waals surface area contributed by atoms with Gasteiger partial charge in [0.25, 0.3) is 0 Å². The van der Waals surface area contributed by atoms with Crippen molar-refractivity contribution in [3.63, 3.8) is 0 Å². The summed E-state index contributed by atoms with van der Waals surface area (Å²) >= 11 is 0. The number of hydrogen-bond donors (Lipinski definition) is 0. The molecular formula is C11H14N2O. The summed E-state index contributed by atoms with van der Waals surface area (Å²) < 4.78 is 7.03. The Morgan fingerprint density at radius 3 is 3.07 bits per heavy atom. The summed E-state index contributed by atoms with van der Waals surface area (Å²) in [6, 6.07) is 8.24. The van der Waals surface area contributed by atoms with Gasteiger partial charge in [-0.25, -0.2) is 0 Å². The number of aryl methyl sites for hydroxylation is 1. The Kier molecular flexibility index (Phi) is 2.79. The molecule has 2 aromatic rings. The van der Waals surface area contributed by atoms with Gasteiger partial charge in [-0.2, -0.15) is 5.10 Å². The molecule has 3 heteroatoms. The van der Waals surface area contributed by atoms with Crippen molar-refractivity contribution < 1.29 is 4.74 Å². The average molecular weight is 190 g/mol. The van der Waals surface area contributed by atoms with Crippen LogP contribution in [0, 0.1) is 0 Å². The summed E-state index contributed by atoms with van der Waals surface area (Å²) in [6.45, 7) is 1.70. The summed E-state index contributed by atoms with van der Waals surface area (Å²) in [5.74, 6) is 0. The first-order valence-corrected chi connectivity index (χ1v) is 4.81. The zero-order valence-corrected chi connectivity index (χ0v) is 8.31. The molecule has 2 rings (SSSR count). The maximum atomic E-state index is 5.01.